The summed E-state index contributed by atoms with van der Waals surface area (Å²) in [7, 11) is 4.73. The maximum atomic E-state index is 12.9. The number of allylic oxidation sites excluding steroid dienone is 2. The van der Waals surface area contributed by atoms with Crippen molar-refractivity contribution in [2.24, 2.45) is 0 Å². The molecule has 1 aliphatic carbocycles. The van der Waals surface area contributed by atoms with Gasteiger partial charge in [-0.15, -0.1) is 0 Å². The molecule has 0 spiro atoms. The van der Waals surface area contributed by atoms with Gasteiger partial charge in [0.25, 0.3) is 0 Å². The first-order chi connectivity index (χ1) is 13.1. The first-order valence-corrected chi connectivity index (χ1v) is 8.88. The maximum absolute atomic E-state index is 12.9. The van der Waals surface area contributed by atoms with Crippen molar-refractivity contribution in [3.05, 3.63) is 40.2 Å². The number of methoxy groups -OCH3 is 3. The summed E-state index contributed by atoms with van der Waals surface area (Å²) in [6.45, 7) is 1.88. The van der Waals surface area contributed by atoms with E-state index in [1.165, 1.54) is 0 Å². The number of ketones is 1. The Morgan fingerprint density at radius 3 is 2.44 bits per heavy atom. The monoisotopic (exact) mass is 370 g/mol. The normalized spacial score (nSPS) is 18.5. The second kappa shape index (κ2) is 6.64. The highest BCUT2D eigenvalue weighted by Crippen LogP contribution is 2.49. The van der Waals surface area contributed by atoms with E-state index in [4.69, 9.17) is 18.7 Å². The second-order valence-corrected chi connectivity index (χ2v) is 6.70. The zero-order valence-corrected chi connectivity index (χ0v) is 15.8. The zero-order chi connectivity index (χ0) is 19.1. The van der Waals surface area contributed by atoms with Gasteiger partial charge >= 0.3 is 0 Å². The molecule has 1 aliphatic heterocycles. The third-order valence-electron chi connectivity index (χ3n) is 5.23. The number of Topliss-reactive ketones (excluding diaryl/α,β-unsaturated/α-hetero) is 1. The molecule has 0 radical (unpaired) electrons. The number of aromatic nitrogens is 1. The lowest BCUT2D eigenvalue weighted by Crippen LogP contribution is -2.26. The molecular weight excluding hydrogens is 348 g/mol. The molecule has 1 unspecified atom stereocenters. The molecule has 2 heterocycles. The third-order valence-corrected chi connectivity index (χ3v) is 5.23. The number of hydrogen-bond donors (Lipinski definition) is 1. The van der Waals surface area contributed by atoms with Crippen molar-refractivity contribution in [2.75, 3.05) is 26.6 Å². The summed E-state index contributed by atoms with van der Waals surface area (Å²) in [5.41, 5.74) is 4.18. The highest BCUT2D eigenvalue weighted by Gasteiger charge is 2.39. The SMILES string of the molecule is COc1cc(C2C3=C(CCCC3=O)Nc3onc(C)c32)cc(OC)c1OC. The minimum Gasteiger partial charge on any atom is -0.493 e. The van der Waals surface area contributed by atoms with Crippen LogP contribution in [0.3, 0.4) is 0 Å². The Morgan fingerprint density at radius 1 is 1.11 bits per heavy atom. The number of anilines is 1. The van der Waals surface area contributed by atoms with Crippen molar-refractivity contribution < 1.29 is 23.5 Å². The molecule has 0 fully saturated rings. The molecule has 0 amide bonds. The number of rotatable bonds is 4. The van der Waals surface area contributed by atoms with Crippen LogP contribution in [0.1, 0.15) is 42.0 Å². The first kappa shape index (κ1) is 17.5. The van der Waals surface area contributed by atoms with Crippen LogP contribution in [0, 0.1) is 6.92 Å². The van der Waals surface area contributed by atoms with Gasteiger partial charge in [-0.05, 0) is 37.5 Å². The largest absolute Gasteiger partial charge is 0.493 e. The summed E-state index contributed by atoms with van der Waals surface area (Å²) in [6.07, 6.45) is 2.18. The molecule has 2 aromatic rings. The molecule has 27 heavy (non-hydrogen) atoms. The van der Waals surface area contributed by atoms with Crippen LogP contribution in [0.25, 0.3) is 0 Å². The number of fused-ring (bicyclic) bond motifs is 1. The van der Waals surface area contributed by atoms with E-state index >= 15 is 0 Å². The number of aryl methyl sites for hydroxylation is 1. The Morgan fingerprint density at radius 2 is 1.81 bits per heavy atom. The van der Waals surface area contributed by atoms with Gasteiger partial charge in [0.2, 0.25) is 11.6 Å². The Bertz CT molecular complexity index is 919. The van der Waals surface area contributed by atoms with Crippen molar-refractivity contribution in [2.45, 2.75) is 32.1 Å². The Labute approximate surface area is 157 Å². The van der Waals surface area contributed by atoms with Gasteiger partial charge in [-0.3, -0.25) is 4.79 Å². The molecule has 1 N–H and O–H groups in total. The molecule has 7 heteroatoms. The molecular formula is C20H22N2O5. The van der Waals surface area contributed by atoms with Gasteiger partial charge in [0.05, 0.1) is 32.6 Å². The minimum atomic E-state index is -0.288. The van der Waals surface area contributed by atoms with E-state index in [9.17, 15) is 4.79 Å². The number of carbonyl (C=O) groups excluding carboxylic acids is 1. The van der Waals surface area contributed by atoms with Crippen LogP contribution in [0.15, 0.2) is 27.9 Å². The molecule has 0 bridgehead atoms. The average molecular weight is 370 g/mol. The summed E-state index contributed by atoms with van der Waals surface area (Å²) < 4.78 is 21.9. The molecule has 4 rings (SSSR count). The molecule has 1 atom stereocenters. The number of benzene rings is 1. The summed E-state index contributed by atoms with van der Waals surface area (Å²) >= 11 is 0. The number of carbonyl (C=O) groups is 1. The predicted octanol–water partition coefficient (Wildman–Crippen LogP) is 3.57. The molecule has 1 aromatic carbocycles. The third kappa shape index (κ3) is 2.65. The molecule has 0 saturated heterocycles. The van der Waals surface area contributed by atoms with Crippen molar-refractivity contribution >= 4 is 11.7 Å². The van der Waals surface area contributed by atoms with Gasteiger partial charge in [-0.25, -0.2) is 0 Å². The zero-order valence-electron chi connectivity index (χ0n) is 15.8. The van der Waals surface area contributed by atoms with Crippen molar-refractivity contribution in [1.82, 2.24) is 5.16 Å². The Balaban J connectivity index is 1.97. The van der Waals surface area contributed by atoms with Gasteiger partial charge in [-0.2, -0.15) is 0 Å². The topological polar surface area (TPSA) is 82.8 Å². The maximum Gasteiger partial charge on any atom is 0.233 e. The number of nitrogens with zero attached hydrogens (tertiary/aromatic N) is 1. The van der Waals surface area contributed by atoms with Crippen molar-refractivity contribution in [1.29, 1.82) is 0 Å². The Kier molecular flexibility index (Phi) is 4.30. The summed E-state index contributed by atoms with van der Waals surface area (Å²) in [4.78, 5) is 12.9. The second-order valence-electron chi connectivity index (χ2n) is 6.70. The number of nitrogens with one attached hydrogen (secondary N) is 1. The van der Waals surface area contributed by atoms with E-state index in [0.717, 1.165) is 40.9 Å². The van der Waals surface area contributed by atoms with Crippen LogP contribution in [0.2, 0.25) is 0 Å². The lowest BCUT2D eigenvalue weighted by molar-refractivity contribution is -0.116. The fourth-order valence-electron chi connectivity index (χ4n) is 4.02. The minimum absolute atomic E-state index is 0.147. The first-order valence-electron chi connectivity index (χ1n) is 8.88. The summed E-state index contributed by atoms with van der Waals surface area (Å²) in [5.74, 6) is 2.07. The van der Waals surface area contributed by atoms with Crippen molar-refractivity contribution in [3.8, 4) is 17.2 Å². The van der Waals surface area contributed by atoms with E-state index in [0.29, 0.717) is 29.6 Å². The quantitative estimate of drug-likeness (QED) is 0.881. The van der Waals surface area contributed by atoms with Gasteiger partial charge in [0, 0.05) is 23.6 Å². The lowest BCUT2D eigenvalue weighted by Gasteiger charge is -2.31. The van der Waals surface area contributed by atoms with E-state index in [1.807, 2.05) is 19.1 Å². The van der Waals surface area contributed by atoms with Crippen molar-refractivity contribution in [3.63, 3.8) is 0 Å². The van der Waals surface area contributed by atoms with E-state index in [-0.39, 0.29) is 11.7 Å². The van der Waals surface area contributed by atoms with Gasteiger partial charge in [-0.1, -0.05) is 5.16 Å². The molecule has 0 saturated carbocycles. The Hall–Kier alpha value is -2.96. The van der Waals surface area contributed by atoms with Crippen LogP contribution in [-0.2, 0) is 4.79 Å². The van der Waals surface area contributed by atoms with Gasteiger partial charge in [0.1, 0.15) is 0 Å². The van der Waals surface area contributed by atoms with E-state index in [2.05, 4.69) is 10.5 Å². The van der Waals surface area contributed by atoms with Crippen LogP contribution in [0.5, 0.6) is 17.2 Å². The number of hydrogen-bond acceptors (Lipinski definition) is 7. The standard InChI is InChI=1S/C20H22N2O5/c1-10-16-17(11-8-14(24-2)19(26-4)15(9-11)25-3)18-12(6-5-7-13(18)23)21-20(16)27-22-10/h8-9,17,21H,5-7H2,1-4H3. The highest BCUT2D eigenvalue weighted by molar-refractivity contribution is 6.01. The predicted molar refractivity (Wildman–Crippen MR) is 98.7 cm³/mol. The average Bonchev–Trinajstić information content (AvgIpc) is 3.06. The molecule has 7 nitrogen and oxygen atoms in total. The fraction of sp³-hybridized carbons (Fsp3) is 0.400. The summed E-state index contributed by atoms with van der Waals surface area (Å²) in [5, 5.41) is 7.39. The smallest absolute Gasteiger partial charge is 0.233 e. The fourth-order valence-corrected chi connectivity index (χ4v) is 4.02. The van der Waals surface area contributed by atoms with Crippen LogP contribution in [-0.4, -0.2) is 32.3 Å². The van der Waals surface area contributed by atoms with Crippen LogP contribution < -0.4 is 19.5 Å². The molecule has 142 valence electrons. The molecule has 2 aliphatic rings. The van der Waals surface area contributed by atoms with Crippen LogP contribution in [0.4, 0.5) is 5.88 Å². The number of ether oxygens (including phenoxy) is 3. The van der Waals surface area contributed by atoms with Crippen LogP contribution >= 0.6 is 0 Å². The van der Waals surface area contributed by atoms with E-state index in [1.54, 1.807) is 21.3 Å². The highest BCUT2D eigenvalue weighted by atomic mass is 16.5. The van der Waals surface area contributed by atoms with Gasteiger partial charge in [0.15, 0.2) is 17.3 Å². The van der Waals surface area contributed by atoms with E-state index < -0.39 is 0 Å². The molecule has 1 aromatic heterocycles. The summed E-state index contributed by atoms with van der Waals surface area (Å²) in [6, 6.07) is 3.78. The lowest BCUT2D eigenvalue weighted by atomic mass is 9.76. The van der Waals surface area contributed by atoms with Gasteiger partial charge < -0.3 is 24.1 Å².